The lowest BCUT2D eigenvalue weighted by molar-refractivity contribution is 0.0608. The molecule has 0 N–H and O–H groups in total. The maximum atomic E-state index is 6.31. The molecule has 0 aromatic heterocycles. The van der Waals surface area contributed by atoms with Gasteiger partial charge < -0.3 is 9.47 Å². The Balaban J connectivity index is 0. The average molecular weight is 541 g/mol. The molecule has 38 heavy (non-hydrogen) atoms. The van der Waals surface area contributed by atoms with Crippen molar-refractivity contribution < 1.29 is 9.47 Å². The molecule has 0 saturated carbocycles. The second-order valence-corrected chi connectivity index (χ2v) is 11.8. The van der Waals surface area contributed by atoms with E-state index >= 15 is 0 Å². The van der Waals surface area contributed by atoms with Crippen LogP contribution in [0.1, 0.15) is 196 Å². The molecule has 2 unspecified atom stereocenters. The molecule has 0 spiro atoms. The zero-order valence-electron chi connectivity index (χ0n) is 27.8. The van der Waals surface area contributed by atoms with Gasteiger partial charge in [0.05, 0.1) is 0 Å². The summed E-state index contributed by atoms with van der Waals surface area (Å²) in [6, 6.07) is 0. The summed E-state index contributed by atoms with van der Waals surface area (Å²) >= 11 is 0. The first-order valence-corrected chi connectivity index (χ1v) is 17.8. The van der Waals surface area contributed by atoms with Crippen molar-refractivity contribution in [2.45, 2.75) is 196 Å². The third-order valence-electron chi connectivity index (χ3n) is 8.09. The van der Waals surface area contributed by atoms with E-state index in [1.165, 1.54) is 154 Å². The van der Waals surface area contributed by atoms with Crippen LogP contribution in [0.5, 0.6) is 0 Å². The van der Waals surface area contributed by atoms with E-state index in [2.05, 4.69) is 27.7 Å². The first-order valence-electron chi connectivity index (χ1n) is 17.8. The molecule has 0 saturated heterocycles. The summed E-state index contributed by atoms with van der Waals surface area (Å²) in [6.45, 7) is 17.0. The fourth-order valence-electron chi connectivity index (χ4n) is 5.30. The van der Waals surface area contributed by atoms with Gasteiger partial charge >= 0.3 is 0 Å². The molecule has 0 bridgehead atoms. The van der Waals surface area contributed by atoms with Crippen molar-refractivity contribution in [2.24, 2.45) is 11.8 Å². The Morgan fingerprint density at radius 1 is 0.342 bits per heavy atom. The Hall–Kier alpha value is -0.0800. The first kappa shape index (κ1) is 40.1. The van der Waals surface area contributed by atoms with E-state index in [4.69, 9.17) is 9.47 Å². The highest BCUT2D eigenvalue weighted by Gasteiger charge is 2.12. The predicted molar refractivity (Wildman–Crippen MR) is 173 cm³/mol. The number of unbranched alkanes of at least 4 members (excludes halogenated alkanes) is 17. The molecule has 2 heteroatoms. The van der Waals surface area contributed by atoms with E-state index in [1.54, 1.807) is 0 Å². The topological polar surface area (TPSA) is 18.5 Å². The van der Waals surface area contributed by atoms with Gasteiger partial charge in [-0.2, -0.15) is 0 Å². The van der Waals surface area contributed by atoms with Gasteiger partial charge in [-0.15, -0.1) is 0 Å². The molecule has 0 rings (SSSR count). The van der Waals surface area contributed by atoms with Gasteiger partial charge in [-0.3, -0.25) is 0 Å². The van der Waals surface area contributed by atoms with Crippen molar-refractivity contribution in [3.8, 4) is 0 Å². The molecule has 2 atom stereocenters. The minimum Gasteiger partial charge on any atom is -0.382 e. The molecule has 2 nitrogen and oxygen atoms in total. The Morgan fingerprint density at radius 2 is 0.684 bits per heavy atom. The van der Waals surface area contributed by atoms with Crippen LogP contribution in [-0.2, 0) is 9.47 Å². The van der Waals surface area contributed by atoms with E-state index in [-0.39, 0.29) is 0 Å². The van der Waals surface area contributed by atoms with Crippen LogP contribution in [0.25, 0.3) is 0 Å². The van der Waals surface area contributed by atoms with Crippen LogP contribution in [0.15, 0.2) is 0 Å². The molecule has 0 aliphatic rings. The maximum Gasteiger partial charge on any atom is 0.0494 e. The van der Waals surface area contributed by atoms with Gasteiger partial charge in [0.25, 0.3) is 0 Å². The van der Waals surface area contributed by atoms with Crippen molar-refractivity contribution in [1.29, 1.82) is 0 Å². The maximum absolute atomic E-state index is 6.31. The third kappa shape index (κ3) is 33.9. The van der Waals surface area contributed by atoms with Crippen LogP contribution >= 0.6 is 0 Å². The van der Waals surface area contributed by atoms with Crippen molar-refractivity contribution in [3.63, 3.8) is 0 Å². The van der Waals surface area contributed by atoms with Crippen LogP contribution in [0, 0.1) is 11.8 Å². The minimum absolute atomic E-state index is 0.783. The second-order valence-electron chi connectivity index (χ2n) is 11.8. The van der Waals surface area contributed by atoms with Gasteiger partial charge in [-0.1, -0.05) is 163 Å². The minimum atomic E-state index is 0.783. The van der Waals surface area contributed by atoms with Crippen LogP contribution in [0.3, 0.4) is 0 Å². The van der Waals surface area contributed by atoms with Gasteiger partial charge in [0.2, 0.25) is 0 Å². The third-order valence-corrected chi connectivity index (χ3v) is 8.09. The largest absolute Gasteiger partial charge is 0.382 e. The van der Waals surface area contributed by atoms with Crippen molar-refractivity contribution in [2.75, 3.05) is 26.4 Å². The predicted octanol–water partition coefficient (Wildman–Crippen LogP) is 12.7. The molecule has 232 valence electrons. The van der Waals surface area contributed by atoms with Gasteiger partial charge in [-0.25, -0.2) is 0 Å². The normalized spacial score (nSPS) is 12.8. The molecule has 0 fully saturated rings. The highest BCUT2D eigenvalue weighted by Crippen LogP contribution is 2.21. The fraction of sp³-hybridized carbons (Fsp3) is 1.00. The van der Waals surface area contributed by atoms with Crippen molar-refractivity contribution in [3.05, 3.63) is 0 Å². The Morgan fingerprint density at radius 3 is 1.03 bits per heavy atom. The quantitative estimate of drug-likeness (QED) is 0.0843. The molecule has 0 aliphatic carbocycles. The monoisotopic (exact) mass is 541 g/mol. The first-order chi connectivity index (χ1) is 18.7. The Labute approximate surface area is 243 Å². The SMILES string of the molecule is CCCCCCCCCCCCC(CCCCCCCCCC)COCC(CC)CCCC.CCOCC. The number of rotatable bonds is 30. The number of hydrogen-bond donors (Lipinski definition) is 0. The van der Waals surface area contributed by atoms with Crippen LogP contribution in [-0.4, -0.2) is 26.4 Å². The van der Waals surface area contributed by atoms with E-state index in [9.17, 15) is 0 Å². The van der Waals surface area contributed by atoms with Crippen LogP contribution < -0.4 is 0 Å². The van der Waals surface area contributed by atoms with E-state index in [0.29, 0.717) is 0 Å². The Bertz CT molecular complexity index is 382. The highest BCUT2D eigenvalue weighted by molar-refractivity contribution is 4.62. The zero-order chi connectivity index (χ0) is 28.4. The molecular formula is C36H76O2. The molecule has 0 aromatic rings. The lowest BCUT2D eigenvalue weighted by atomic mass is 9.94. The smallest absolute Gasteiger partial charge is 0.0494 e. The van der Waals surface area contributed by atoms with Gasteiger partial charge in [0.15, 0.2) is 0 Å². The van der Waals surface area contributed by atoms with Crippen molar-refractivity contribution >= 4 is 0 Å². The molecule has 0 aromatic carbocycles. The standard InChI is InChI=1S/C32H66O.C4H10O/c1-5-9-12-14-16-18-19-21-23-25-28-32(27-24-22-20-17-15-13-10-6-2)30-33-29-31(8-4)26-11-7-3;1-3-5-4-2/h31-32H,5-30H2,1-4H3;3-4H2,1-2H3. The average Bonchev–Trinajstić information content (AvgIpc) is 2.93. The van der Waals surface area contributed by atoms with Gasteiger partial charge in [0.1, 0.15) is 0 Å². The highest BCUT2D eigenvalue weighted by atomic mass is 16.5. The number of hydrogen-bond acceptors (Lipinski definition) is 2. The summed E-state index contributed by atoms with van der Waals surface area (Å²) in [7, 11) is 0. The Kier molecular flexibility index (Phi) is 38.9. The molecule has 0 amide bonds. The summed E-state index contributed by atoms with van der Waals surface area (Å²) in [5.74, 6) is 1.59. The van der Waals surface area contributed by atoms with Crippen molar-refractivity contribution in [1.82, 2.24) is 0 Å². The van der Waals surface area contributed by atoms with E-state index in [1.807, 2.05) is 13.8 Å². The second kappa shape index (κ2) is 36.9. The summed E-state index contributed by atoms with van der Waals surface area (Å²) in [5.41, 5.74) is 0. The van der Waals surface area contributed by atoms with Gasteiger partial charge in [-0.05, 0) is 44.9 Å². The molecular weight excluding hydrogens is 464 g/mol. The van der Waals surface area contributed by atoms with E-state index < -0.39 is 0 Å². The lowest BCUT2D eigenvalue weighted by Crippen LogP contribution is -2.15. The number of ether oxygens (including phenoxy) is 2. The summed E-state index contributed by atoms with van der Waals surface area (Å²) < 4.78 is 11.1. The molecule has 0 heterocycles. The summed E-state index contributed by atoms with van der Waals surface area (Å²) in [5, 5.41) is 0. The fourth-order valence-corrected chi connectivity index (χ4v) is 5.30. The lowest BCUT2D eigenvalue weighted by Gasteiger charge is -2.20. The summed E-state index contributed by atoms with van der Waals surface area (Å²) in [6.07, 6.45) is 34.0. The molecule has 0 aliphatic heterocycles. The van der Waals surface area contributed by atoms with Crippen LogP contribution in [0.4, 0.5) is 0 Å². The molecule has 0 radical (unpaired) electrons. The van der Waals surface area contributed by atoms with Crippen LogP contribution in [0.2, 0.25) is 0 Å². The summed E-state index contributed by atoms with van der Waals surface area (Å²) in [4.78, 5) is 0. The van der Waals surface area contributed by atoms with E-state index in [0.717, 1.165) is 38.3 Å². The zero-order valence-corrected chi connectivity index (χ0v) is 27.8. The van der Waals surface area contributed by atoms with Gasteiger partial charge in [0, 0.05) is 26.4 Å².